The van der Waals surface area contributed by atoms with Crippen LogP contribution in [0.3, 0.4) is 0 Å². The average Bonchev–Trinajstić information content (AvgIpc) is 2.97. The van der Waals surface area contributed by atoms with Gasteiger partial charge in [0.25, 0.3) is 0 Å². The van der Waals surface area contributed by atoms with Crippen LogP contribution in [0.25, 0.3) is 5.57 Å². The highest BCUT2D eigenvalue weighted by atomic mass is 16.5. The van der Waals surface area contributed by atoms with Gasteiger partial charge in [0.2, 0.25) is 0 Å². The van der Waals surface area contributed by atoms with Gasteiger partial charge in [0.15, 0.2) is 0 Å². The predicted molar refractivity (Wildman–Crippen MR) is 159 cm³/mol. The van der Waals surface area contributed by atoms with Crippen molar-refractivity contribution in [2.45, 2.75) is 70.9 Å². The minimum Gasteiger partial charge on any atom is -0.465 e. The Kier molecular flexibility index (Phi) is 9.77. The molecule has 0 amide bonds. The van der Waals surface area contributed by atoms with Crippen LogP contribution >= 0.6 is 0 Å². The van der Waals surface area contributed by atoms with Gasteiger partial charge in [-0.05, 0) is 81.2 Å². The highest BCUT2D eigenvalue weighted by molar-refractivity contribution is 5.83. The summed E-state index contributed by atoms with van der Waals surface area (Å²) in [7, 11) is 0. The quantitative estimate of drug-likeness (QED) is 0.282. The molecule has 4 rings (SSSR count). The fourth-order valence-electron chi connectivity index (χ4n) is 5.58. The largest absolute Gasteiger partial charge is 0.465 e. The Morgan fingerprint density at radius 3 is 2.05 bits per heavy atom. The van der Waals surface area contributed by atoms with Gasteiger partial charge in [-0.1, -0.05) is 90.5 Å². The fourth-order valence-corrected chi connectivity index (χ4v) is 5.58. The molecule has 4 nitrogen and oxygen atoms in total. The molecule has 3 aromatic carbocycles. The van der Waals surface area contributed by atoms with Crippen LogP contribution in [0, 0.1) is 0 Å². The zero-order valence-electron chi connectivity index (χ0n) is 23.9. The molecule has 0 aliphatic carbocycles. The molecule has 0 spiro atoms. The van der Waals surface area contributed by atoms with Crippen molar-refractivity contribution in [1.29, 1.82) is 0 Å². The molecule has 0 aromatic heterocycles. The summed E-state index contributed by atoms with van der Waals surface area (Å²) in [6.45, 7) is 10.3. The van der Waals surface area contributed by atoms with Crippen molar-refractivity contribution in [3.05, 3.63) is 113 Å². The fraction of sp³-hybridized carbons (Fsp3) is 0.400. The van der Waals surface area contributed by atoms with E-state index in [2.05, 4.69) is 72.5 Å². The SMILES string of the molecule is CCOC(=O)C(C)(C)c1cccc(C(O)CCC(C)N2CCC(=C(c3ccccc3)c3ccccc3)CC2)c1. The van der Waals surface area contributed by atoms with Crippen LogP contribution < -0.4 is 0 Å². The minimum atomic E-state index is -0.754. The molecule has 3 aromatic rings. The summed E-state index contributed by atoms with van der Waals surface area (Å²) in [6.07, 6.45) is 3.14. The lowest BCUT2D eigenvalue weighted by Gasteiger charge is -2.35. The van der Waals surface area contributed by atoms with Gasteiger partial charge in [-0.15, -0.1) is 0 Å². The van der Waals surface area contributed by atoms with E-state index in [-0.39, 0.29) is 5.97 Å². The lowest BCUT2D eigenvalue weighted by atomic mass is 9.83. The number of aliphatic hydroxyl groups is 1. The maximum Gasteiger partial charge on any atom is 0.315 e. The summed E-state index contributed by atoms with van der Waals surface area (Å²) in [5.41, 5.74) is 6.45. The van der Waals surface area contributed by atoms with Crippen molar-refractivity contribution in [1.82, 2.24) is 4.90 Å². The van der Waals surface area contributed by atoms with Crippen LogP contribution in [-0.4, -0.2) is 41.7 Å². The summed E-state index contributed by atoms with van der Waals surface area (Å²) in [4.78, 5) is 15.0. The number of aliphatic hydroxyl groups excluding tert-OH is 1. The minimum absolute atomic E-state index is 0.244. The Morgan fingerprint density at radius 2 is 1.49 bits per heavy atom. The van der Waals surface area contributed by atoms with E-state index >= 15 is 0 Å². The topological polar surface area (TPSA) is 49.8 Å². The lowest BCUT2D eigenvalue weighted by Crippen LogP contribution is -2.38. The monoisotopic (exact) mass is 525 g/mol. The van der Waals surface area contributed by atoms with E-state index in [1.54, 1.807) is 0 Å². The zero-order valence-corrected chi connectivity index (χ0v) is 23.9. The smallest absolute Gasteiger partial charge is 0.315 e. The molecule has 39 heavy (non-hydrogen) atoms. The molecule has 1 saturated heterocycles. The molecule has 1 fully saturated rings. The molecule has 1 N–H and O–H groups in total. The van der Waals surface area contributed by atoms with Gasteiger partial charge in [0, 0.05) is 19.1 Å². The Bertz CT molecular complexity index is 1200. The molecular weight excluding hydrogens is 482 g/mol. The van der Waals surface area contributed by atoms with Crippen molar-refractivity contribution in [2.24, 2.45) is 0 Å². The molecule has 206 valence electrons. The van der Waals surface area contributed by atoms with Crippen molar-refractivity contribution >= 4 is 11.5 Å². The number of carbonyl (C=O) groups is 1. The van der Waals surface area contributed by atoms with Crippen molar-refractivity contribution < 1.29 is 14.6 Å². The second kappa shape index (κ2) is 13.2. The summed E-state index contributed by atoms with van der Waals surface area (Å²) in [5.74, 6) is -0.244. The zero-order chi connectivity index (χ0) is 27.8. The molecule has 0 saturated carbocycles. The van der Waals surface area contributed by atoms with Crippen LogP contribution in [-0.2, 0) is 14.9 Å². The number of esters is 1. The van der Waals surface area contributed by atoms with Crippen LogP contribution in [0.1, 0.15) is 81.7 Å². The van der Waals surface area contributed by atoms with E-state index in [0.29, 0.717) is 19.1 Å². The van der Waals surface area contributed by atoms with E-state index in [1.807, 2.05) is 45.0 Å². The third-order valence-electron chi connectivity index (χ3n) is 8.14. The standard InChI is InChI=1S/C35H43NO3/c1-5-39-34(38)35(3,4)31-18-12-17-30(25-31)32(37)20-19-26(2)36-23-21-29(22-24-36)33(27-13-8-6-9-14-27)28-15-10-7-11-16-28/h6-18,25-26,32,37H,5,19-24H2,1-4H3. The normalized spacial score (nSPS) is 16.0. The molecule has 2 unspecified atom stereocenters. The van der Waals surface area contributed by atoms with Gasteiger partial charge in [-0.3, -0.25) is 4.79 Å². The summed E-state index contributed by atoms with van der Waals surface area (Å²) >= 11 is 0. The Labute approximate surface area is 234 Å². The molecule has 0 bridgehead atoms. The summed E-state index contributed by atoms with van der Waals surface area (Å²) in [6, 6.07) is 29.7. The first-order valence-corrected chi connectivity index (χ1v) is 14.3. The van der Waals surface area contributed by atoms with Crippen molar-refractivity contribution in [3.8, 4) is 0 Å². The number of carbonyl (C=O) groups excluding carboxylic acids is 1. The van der Waals surface area contributed by atoms with Gasteiger partial charge < -0.3 is 14.7 Å². The molecule has 0 radical (unpaired) electrons. The van der Waals surface area contributed by atoms with E-state index in [0.717, 1.165) is 43.5 Å². The number of ether oxygens (including phenoxy) is 1. The highest BCUT2D eigenvalue weighted by Gasteiger charge is 2.32. The molecule has 1 heterocycles. The van der Waals surface area contributed by atoms with Gasteiger partial charge >= 0.3 is 5.97 Å². The van der Waals surface area contributed by atoms with Gasteiger partial charge in [0.05, 0.1) is 18.1 Å². The van der Waals surface area contributed by atoms with E-state index < -0.39 is 11.5 Å². The second-order valence-electron chi connectivity index (χ2n) is 11.2. The highest BCUT2D eigenvalue weighted by Crippen LogP contribution is 2.34. The first-order valence-electron chi connectivity index (χ1n) is 14.3. The number of likely N-dealkylation sites (tertiary alicyclic amines) is 1. The summed E-state index contributed by atoms with van der Waals surface area (Å²) < 4.78 is 5.27. The Balaban J connectivity index is 1.38. The van der Waals surface area contributed by atoms with Gasteiger partial charge in [0.1, 0.15) is 0 Å². The van der Waals surface area contributed by atoms with Crippen LogP contribution in [0.5, 0.6) is 0 Å². The number of benzene rings is 3. The van der Waals surface area contributed by atoms with E-state index in [9.17, 15) is 9.90 Å². The van der Waals surface area contributed by atoms with Crippen LogP contribution in [0.15, 0.2) is 90.5 Å². The predicted octanol–water partition coefficient (Wildman–Crippen LogP) is 7.33. The number of nitrogens with zero attached hydrogens (tertiary/aromatic N) is 1. The second-order valence-corrected chi connectivity index (χ2v) is 11.2. The third kappa shape index (κ3) is 7.06. The number of hydrogen-bond donors (Lipinski definition) is 1. The lowest BCUT2D eigenvalue weighted by molar-refractivity contribution is -0.148. The van der Waals surface area contributed by atoms with Gasteiger partial charge in [-0.25, -0.2) is 0 Å². The molecule has 4 heteroatoms. The first kappa shape index (κ1) is 28.8. The third-order valence-corrected chi connectivity index (χ3v) is 8.14. The summed E-state index contributed by atoms with van der Waals surface area (Å²) in [5, 5.41) is 11.0. The Morgan fingerprint density at radius 1 is 0.897 bits per heavy atom. The van der Waals surface area contributed by atoms with E-state index in [1.165, 1.54) is 22.3 Å². The molecule has 1 aliphatic rings. The molecule has 1 aliphatic heterocycles. The van der Waals surface area contributed by atoms with Crippen LogP contribution in [0.2, 0.25) is 0 Å². The Hall–Kier alpha value is -3.21. The maximum absolute atomic E-state index is 12.5. The number of piperidine rings is 1. The molecular formula is C35H43NO3. The maximum atomic E-state index is 12.5. The average molecular weight is 526 g/mol. The number of rotatable bonds is 10. The van der Waals surface area contributed by atoms with Gasteiger partial charge in [-0.2, -0.15) is 0 Å². The van der Waals surface area contributed by atoms with E-state index in [4.69, 9.17) is 4.74 Å². The van der Waals surface area contributed by atoms with Crippen LogP contribution in [0.4, 0.5) is 0 Å². The molecule has 2 atom stereocenters. The number of hydrogen-bond acceptors (Lipinski definition) is 4. The van der Waals surface area contributed by atoms with Crippen molar-refractivity contribution in [3.63, 3.8) is 0 Å². The first-order chi connectivity index (χ1) is 18.8. The van der Waals surface area contributed by atoms with Crippen molar-refractivity contribution in [2.75, 3.05) is 19.7 Å².